The summed E-state index contributed by atoms with van der Waals surface area (Å²) in [5.74, 6) is 0. The summed E-state index contributed by atoms with van der Waals surface area (Å²) in [6, 6.07) is 24.9. The lowest BCUT2D eigenvalue weighted by Gasteiger charge is -2.32. The van der Waals surface area contributed by atoms with E-state index in [4.69, 9.17) is 19.3 Å². The van der Waals surface area contributed by atoms with Crippen molar-refractivity contribution in [3.8, 4) is 0 Å². The number of aryl methyl sites for hydroxylation is 6. The number of imidazole rings is 2. The number of pyridine rings is 2. The number of fused-ring (bicyclic) bond motifs is 6. The molecule has 3 aromatic carbocycles. The van der Waals surface area contributed by atoms with Gasteiger partial charge in [0.25, 0.3) is 0 Å². The normalized spacial score (nSPS) is 15.9. The van der Waals surface area contributed by atoms with Crippen LogP contribution >= 0.6 is 0 Å². The zero-order valence-corrected chi connectivity index (χ0v) is 28.2. The van der Waals surface area contributed by atoms with Crippen molar-refractivity contribution < 1.29 is 9.31 Å². The van der Waals surface area contributed by atoms with Crippen LogP contribution in [0.1, 0.15) is 61.3 Å². The topological polar surface area (TPSA) is 53.1 Å². The largest absolute Gasteiger partial charge is 0.494 e. The van der Waals surface area contributed by atoms with Crippen LogP contribution < -0.4 is 5.46 Å². The van der Waals surface area contributed by atoms with Crippen LogP contribution in [0.15, 0.2) is 91.5 Å². The number of rotatable bonds is 7. The summed E-state index contributed by atoms with van der Waals surface area (Å²) in [5, 5.41) is 4.83. The van der Waals surface area contributed by atoms with Gasteiger partial charge in [0.1, 0.15) is 11.3 Å². The molecule has 0 atom stereocenters. The Morgan fingerprint density at radius 3 is 1.49 bits per heavy atom. The molecule has 0 saturated carbocycles. The quantitative estimate of drug-likeness (QED) is 0.171. The van der Waals surface area contributed by atoms with Crippen molar-refractivity contribution in [2.45, 2.75) is 78.4 Å². The highest BCUT2D eigenvalue weighted by Gasteiger charge is 2.51. The molecule has 1 saturated heterocycles. The molecule has 0 spiro atoms. The number of nitrogens with zero attached hydrogens (tertiary/aromatic N) is 4. The second-order valence-electron chi connectivity index (χ2n) is 14.4. The van der Waals surface area contributed by atoms with Gasteiger partial charge in [-0.1, -0.05) is 54.6 Å². The standard InChI is InChI=1S/C40H41BN4O2/c1-26-24-44-17-15-32-20-28(11-13-35(32)37(44)42-26)7-9-30-19-31(23-34(22-30)41-46-39(3,4)40(5,6)47-41)10-8-29-12-14-36-33(21-29)16-18-45-25-27(2)43-38(36)45/h11-25H,7-10H2,1-6H3. The molecule has 0 amide bonds. The molecule has 1 aliphatic heterocycles. The highest BCUT2D eigenvalue weighted by Crippen LogP contribution is 2.36. The van der Waals surface area contributed by atoms with Crippen LogP contribution in [-0.2, 0) is 35.0 Å². The highest BCUT2D eigenvalue weighted by atomic mass is 16.7. The van der Waals surface area contributed by atoms with Crippen LogP contribution in [-0.4, -0.2) is 37.1 Å². The van der Waals surface area contributed by atoms with E-state index in [0.29, 0.717) is 0 Å². The van der Waals surface area contributed by atoms with Gasteiger partial charge in [-0.3, -0.25) is 0 Å². The fourth-order valence-corrected chi connectivity index (χ4v) is 6.97. The molecule has 7 heteroatoms. The van der Waals surface area contributed by atoms with Gasteiger partial charge < -0.3 is 18.1 Å². The summed E-state index contributed by atoms with van der Waals surface area (Å²) in [7, 11) is -0.388. The third-order valence-electron chi connectivity index (χ3n) is 10.3. The van der Waals surface area contributed by atoms with Gasteiger partial charge >= 0.3 is 7.12 Å². The van der Waals surface area contributed by atoms with Crippen LogP contribution in [0.2, 0.25) is 0 Å². The molecule has 1 aliphatic rings. The van der Waals surface area contributed by atoms with E-state index in [-0.39, 0.29) is 18.3 Å². The zero-order chi connectivity index (χ0) is 32.5. The van der Waals surface area contributed by atoms with Gasteiger partial charge in [-0.25, -0.2) is 9.97 Å². The van der Waals surface area contributed by atoms with Gasteiger partial charge in [-0.2, -0.15) is 0 Å². The summed E-state index contributed by atoms with van der Waals surface area (Å²) >= 11 is 0. The lowest BCUT2D eigenvalue weighted by Crippen LogP contribution is -2.41. The van der Waals surface area contributed by atoms with Gasteiger partial charge in [0.15, 0.2) is 0 Å². The van der Waals surface area contributed by atoms with E-state index < -0.39 is 0 Å². The van der Waals surface area contributed by atoms with Crippen LogP contribution in [0.5, 0.6) is 0 Å². The first-order valence-corrected chi connectivity index (χ1v) is 16.7. The summed E-state index contributed by atoms with van der Waals surface area (Å²) in [5.41, 5.74) is 9.69. The molecular formula is C40H41BN4O2. The Bertz CT molecular complexity index is 2160. The van der Waals surface area contributed by atoms with Gasteiger partial charge in [-0.05, 0) is 118 Å². The Balaban J connectivity index is 1.06. The molecule has 236 valence electrons. The molecule has 6 nitrogen and oxygen atoms in total. The molecule has 1 fully saturated rings. The minimum absolute atomic E-state index is 0.387. The first-order valence-electron chi connectivity index (χ1n) is 16.7. The molecule has 7 aromatic rings. The average molecular weight is 621 g/mol. The Hall–Kier alpha value is -4.46. The van der Waals surface area contributed by atoms with E-state index in [9.17, 15) is 0 Å². The summed E-state index contributed by atoms with van der Waals surface area (Å²) in [4.78, 5) is 9.49. The molecule has 8 rings (SSSR count). The SMILES string of the molecule is Cc1cn2ccc3cc(CCc4cc(CCc5ccc6c(ccn7cc(C)nc67)c5)cc(B5OC(C)(C)C(C)(C)O5)c4)ccc3c2n1. The Morgan fingerprint density at radius 2 is 1.02 bits per heavy atom. The molecule has 4 aromatic heterocycles. The average Bonchev–Trinajstić information content (AvgIpc) is 3.69. The summed E-state index contributed by atoms with van der Waals surface area (Å²) in [6.45, 7) is 12.6. The lowest BCUT2D eigenvalue weighted by atomic mass is 9.76. The van der Waals surface area contributed by atoms with E-state index in [2.05, 4.69) is 128 Å². The van der Waals surface area contributed by atoms with E-state index in [1.165, 1.54) is 43.8 Å². The minimum atomic E-state index is -0.388. The van der Waals surface area contributed by atoms with Gasteiger partial charge in [0.05, 0.1) is 22.6 Å². The van der Waals surface area contributed by atoms with Crippen molar-refractivity contribution in [3.05, 3.63) is 125 Å². The second kappa shape index (κ2) is 11.1. The Kier molecular flexibility index (Phi) is 7.05. The predicted molar refractivity (Wildman–Crippen MR) is 192 cm³/mol. The second-order valence-corrected chi connectivity index (χ2v) is 14.4. The third kappa shape index (κ3) is 5.51. The third-order valence-corrected chi connectivity index (χ3v) is 10.3. The smallest absolute Gasteiger partial charge is 0.399 e. The number of benzene rings is 3. The van der Waals surface area contributed by atoms with Crippen LogP contribution in [0.3, 0.4) is 0 Å². The summed E-state index contributed by atoms with van der Waals surface area (Å²) in [6.07, 6.45) is 12.1. The molecule has 0 unspecified atom stereocenters. The van der Waals surface area contributed by atoms with Gasteiger partial charge in [0.2, 0.25) is 0 Å². The van der Waals surface area contributed by atoms with Crippen molar-refractivity contribution in [3.63, 3.8) is 0 Å². The maximum Gasteiger partial charge on any atom is 0.494 e. The predicted octanol–water partition coefficient (Wildman–Crippen LogP) is 7.77. The van der Waals surface area contributed by atoms with Crippen LogP contribution in [0, 0.1) is 13.8 Å². The maximum atomic E-state index is 6.52. The Morgan fingerprint density at radius 1 is 0.574 bits per heavy atom. The van der Waals surface area contributed by atoms with Crippen molar-refractivity contribution >= 4 is 45.4 Å². The first-order chi connectivity index (χ1) is 22.5. The molecule has 0 radical (unpaired) electrons. The van der Waals surface area contributed by atoms with E-state index in [1.807, 2.05) is 13.8 Å². The first kappa shape index (κ1) is 29.9. The van der Waals surface area contributed by atoms with E-state index in [1.54, 1.807) is 0 Å². The lowest BCUT2D eigenvalue weighted by molar-refractivity contribution is 0.00578. The molecule has 5 heterocycles. The fraction of sp³-hybridized carbons (Fsp3) is 0.300. The van der Waals surface area contributed by atoms with Crippen molar-refractivity contribution in [2.24, 2.45) is 0 Å². The molecule has 0 aliphatic carbocycles. The van der Waals surface area contributed by atoms with Crippen molar-refractivity contribution in [2.75, 3.05) is 0 Å². The minimum Gasteiger partial charge on any atom is -0.399 e. The number of aromatic nitrogens is 4. The molecule has 0 N–H and O–H groups in total. The maximum absolute atomic E-state index is 6.52. The molecule has 0 bridgehead atoms. The van der Waals surface area contributed by atoms with Gasteiger partial charge in [-0.15, -0.1) is 0 Å². The monoisotopic (exact) mass is 620 g/mol. The molecular weight excluding hydrogens is 579 g/mol. The van der Waals surface area contributed by atoms with E-state index in [0.717, 1.165) is 53.8 Å². The Labute approximate surface area is 276 Å². The molecule has 47 heavy (non-hydrogen) atoms. The van der Waals surface area contributed by atoms with Crippen LogP contribution in [0.4, 0.5) is 0 Å². The highest BCUT2D eigenvalue weighted by molar-refractivity contribution is 6.62. The van der Waals surface area contributed by atoms with Crippen molar-refractivity contribution in [1.29, 1.82) is 0 Å². The van der Waals surface area contributed by atoms with Crippen LogP contribution in [0.25, 0.3) is 32.8 Å². The summed E-state index contributed by atoms with van der Waals surface area (Å²) < 4.78 is 17.3. The number of hydrogen-bond donors (Lipinski definition) is 0. The van der Waals surface area contributed by atoms with Crippen molar-refractivity contribution in [1.82, 2.24) is 18.8 Å². The fourth-order valence-electron chi connectivity index (χ4n) is 6.97. The van der Waals surface area contributed by atoms with Gasteiger partial charge in [0, 0.05) is 35.6 Å². The number of hydrogen-bond acceptors (Lipinski definition) is 4. The van der Waals surface area contributed by atoms with E-state index >= 15 is 0 Å². The zero-order valence-electron chi connectivity index (χ0n) is 28.2.